The monoisotopic (exact) mass is 433 g/mol. The largest absolute Gasteiger partial charge is 0.489 e. The molecule has 0 aromatic heterocycles. The number of hydrogen-bond acceptors (Lipinski definition) is 6. The summed E-state index contributed by atoms with van der Waals surface area (Å²) in [6, 6.07) is 16.3. The zero-order chi connectivity index (χ0) is 22.9. The second-order valence-corrected chi connectivity index (χ2v) is 7.44. The summed E-state index contributed by atoms with van der Waals surface area (Å²) in [4.78, 5) is 28.2. The Balaban J connectivity index is 1.58. The van der Waals surface area contributed by atoms with Gasteiger partial charge in [-0.2, -0.15) is 5.26 Å². The summed E-state index contributed by atoms with van der Waals surface area (Å²) >= 11 is 0. The third-order valence-electron chi connectivity index (χ3n) is 5.43. The normalized spacial score (nSPS) is 14.5. The van der Waals surface area contributed by atoms with Crippen LogP contribution in [0.5, 0.6) is 5.75 Å². The highest BCUT2D eigenvalue weighted by Crippen LogP contribution is 2.18. The van der Waals surface area contributed by atoms with E-state index in [-0.39, 0.29) is 17.4 Å². The van der Waals surface area contributed by atoms with Gasteiger partial charge in [0, 0.05) is 26.2 Å². The van der Waals surface area contributed by atoms with Crippen LogP contribution in [-0.2, 0) is 16.1 Å². The summed E-state index contributed by atoms with van der Waals surface area (Å²) < 4.78 is 10.5. The minimum Gasteiger partial charge on any atom is -0.489 e. The number of amides is 1. The molecule has 1 saturated heterocycles. The highest BCUT2D eigenvalue weighted by atomic mass is 16.5. The number of carbonyl (C=O) groups is 2. The van der Waals surface area contributed by atoms with Gasteiger partial charge in [0.05, 0.1) is 12.7 Å². The van der Waals surface area contributed by atoms with E-state index < -0.39 is 0 Å². The molecule has 166 valence electrons. The van der Waals surface area contributed by atoms with Crippen molar-refractivity contribution in [2.45, 2.75) is 13.5 Å². The van der Waals surface area contributed by atoms with Crippen molar-refractivity contribution < 1.29 is 19.1 Å². The molecule has 0 radical (unpaired) electrons. The molecule has 3 rings (SSSR count). The molecule has 1 amide bonds. The first-order valence-electron chi connectivity index (χ1n) is 10.6. The van der Waals surface area contributed by atoms with E-state index in [1.54, 1.807) is 35.2 Å². The smallest absolute Gasteiger partial charge is 0.337 e. The molecule has 0 spiro atoms. The lowest BCUT2D eigenvalue weighted by molar-refractivity contribution is -0.128. The molecule has 0 saturated carbocycles. The maximum Gasteiger partial charge on any atom is 0.337 e. The molecule has 0 N–H and O–H groups in total. The molecule has 2 aromatic rings. The van der Waals surface area contributed by atoms with E-state index in [1.165, 1.54) is 7.11 Å². The topological polar surface area (TPSA) is 82.9 Å². The predicted molar refractivity (Wildman–Crippen MR) is 121 cm³/mol. The van der Waals surface area contributed by atoms with Crippen molar-refractivity contribution in [3.63, 3.8) is 0 Å². The zero-order valence-corrected chi connectivity index (χ0v) is 18.4. The summed E-state index contributed by atoms with van der Waals surface area (Å²) in [7, 11) is 1.35. The molecule has 0 atom stereocenters. The molecule has 0 bridgehead atoms. The molecule has 7 heteroatoms. The highest BCUT2D eigenvalue weighted by Gasteiger charge is 2.22. The second kappa shape index (κ2) is 11.1. The Morgan fingerprint density at radius 2 is 1.69 bits per heavy atom. The Bertz CT molecular complexity index is 999. The van der Waals surface area contributed by atoms with E-state index in [0.29, 0.717) is 31.0 Å². The minimum absolute atomic E-state index is 0.134. The third-order valence-corrected chi connectivity index (χ3v) is 5.43. The number of benzene rings is 2. The number of piperazine rings is 1. The van der Waals surface area contributed by atoms with Crippen LogP contribution in [0.15, 0.2) is 54.1 Å². The van der Waals surface area contributed by atoms with Gasteiger partial charge in [0.25, 0.3) is 5.91 Å². The zero-order valence-electron chi connectivity index (χ0n) is 18.4. The molecule has 1 fully saturated rings. The van der Waals surface area contributed by atoms with Crippen molar-refractivity contribution >= 4 is 18.0 Å². The van der Waals surface area contributed by atoms with Crippen LogP contribution in [0.3, 0.4) is 0 Å². The van der Waals surface area contributed by atoms with E-state index in [2.05, 4.69) is 16.6 Å². The molecular weight excluding hydrogens is 406 g/mol. The van der Waals surface area contributed by atoms with Crippen molar-refractivity contribution in [3.05, 3.63) is 70.8 Å². The van der Waals surface area contributed by atoms with Crippen LogP contribution < -0.4 is 4.74 Å². The summed E-state index contributed by atoms with van der Waals surface area (Å²) in [5.74, 6) is 0.0678. The Kier molecular flexibility index (Phi) is 8.01. The lowest BCUT2D eigenvalue weighted by atomic mass is 10.1. The van der Waals surface area contributed by atoms with Gasteiger partial charge in [0.1, 0.15) is 24.0 Å². The first-order chi connectivity index (χ1) is 15.5. The number of likely N-dealkylation sites (N-methyl/N-ethyl adjacent to an activating group) is 1. The lowest BCUT2D eigenvalue weighted by Crippen LogP contribution is -2.48. The van der Waals surface area contributed by atoms with Crippen LogP contribution in [-0.4, -0.2) is 61.5 Å². The van der Waals surface area contributed by atoms with Crippen LogP contribution in [0.25, 0.3) is 6.08 Å². The SMILES string of the molecule is CCN1CCN(C(=O)/C(C#N)=C\c2ccc(OCc3ccc(C(=O)OC)cc3)cc2)CC1. The van der Waals surface area contributed by atoms with E-state index in [1.807, 2.05) is 30.3 Å². The maximum atomic E-state index is 12.7. The Morgan fingerprint density at radius 1 is 1.03 bits per heavy atom. The van der Waals surface area contributed by atoms with Gasteiger partial charge < -0.3 is 19.3 Å². The molecular formula is C25H27N3O4. The Hall–Kier alpha value is -3.63. The van der Waals surface area contributed by atoms with Crippen molar-refractivity contribution in [1.82, 2.24) is 9.80 Å². The molecule has 1 heterocycles. The molecule has 0 aliphatic carbocycles. The van der Waals surface area contributed by atoms with Crippen molar-refractivity contribution in [3.8, 4) is 11.8 Å². The molecule has 7 nitrogen and oxygen atoms in total. The molecule has 2 aromatic carbocycles. The van der Waals surface area contributed by atoms with Crippen LogP contribution >= 0.6 is 0 Å². The summed E-state index contributed by atoms with van der Waals surface area (Å²) in [5, 5.41) is 9.49. The predicted octanol–water partition coefficient (Wildman–Crippen LogP) is 3.12. The molecule has 0 unspecified atom stereocenters. The number of hydrogen-bond donors (Lipinski definition) is 0. The van der Waals surface area contributed by atoms with Gasteiger partial charge in [-0.15, -0.1) is 0 Å². The summed E-state index contributed by atoms with van der Waals surface area (Å²) in [6.07, 6.45) is 1.61. The first kappa shape index (κ1) is 23.0. The standard InChI is InChI=1S/C25H27N3O4/c1-3-27-12-14-28(15-13-27)24(29)22(17-26)16-19-6-10-23(11-7-19)32-18-20-4-8-21(9-5-20)25(30)31-2/h4-11,16H,3,12-15,18H2,1-2H3/b22-16-. The maximum absolute atomic E-state index is 12.7. The average Bonchev–Trinajstić information content (AvgIpc) is 2.86. The van der Waals surface area contributed by atoms with Crippen molar-refractivity contribution in [2.75, 3.05) is 39.8 Å². The van der Waals surface area contributed by atoms with E-state index in [4.69, 9.17) is 4.74 Å². The van der Waals surface area contributed by atoms with Crippen LogP contribution in [0.1, 0.15) is 28.4 Å². The fraction of sp³-hybridized carbons (Fsp3) is 0.320. The van der Waals surface area contributed by atoms with Gasteiger partial charge in [-0.3, -0.25) is 4.79 Å². The lowest BCUT2D eigenvalue weighted by Gasteiger charge is -2.33. The van der Waals surface area contributed by atoms with Gasteiger partial charge in [-0.05, 0) is 48.0 Å². The number of carbonyl (C=O) groups excluding carboxylic acids is 2. The third kappa shape index (κ3) is 5.96. The van der Waals surface area contributed by atoms with Crippen LogP contribution in [0.2, 0.25) is 0 Å². The molecule has 32 heavy (non-hydrogen) atoms. The number of ether oxygens (including phenoxy) is 2. The van der Waals surface area contributed by atoms with Crippen molar-refractivity contribution in [2.24, 2.45) is 0 Å². The first-order valence-corrected chi connectivity index (χ1v) is 10.6. The number of nitriles is 1. The second-order valence-electron chi connectivity index (χ2n) is 7.44. The Morgan fingerprint density at radius 3 is 2.25 bits per heavy atom. The van der Waals surface area contributed by atoms with E-state index in [9.17, 15) is 14.9 Å². The van der Waals surface area contributed by atoms with Gasteiger partial charge in [0.15, 0.2) is 0 Å². The van der Waals surface area contributed by atoms with E-state index in [0.717, 1.165) is 30.8 Å². The fourth-order valence-corrected chi connectivity index (χ4v) is 3.43. The van der Waals surface area contributed by atoms with Crippen molar-refractivity contribution in [1.29, 1.82) is 5.26 Å². The van der Waals surface area contributed by atoms with Gasteiger partial charge in [-0.1, -0.05) is 31.2 Å². The number of esters is 1. The quantitative estimate of drug-likeness (QED) is 0.379. The number of methoxy groups -OCH3 is 1. The molecule has 1 aliphatic heterocycles. The number of rotatable bonds is 7. The van der Waals surface area contributed by atoms with Crippen LogP contribution in [0, 0.1) is 11.3 Å². The van der Waals surface area contributed by atoms with Gasteiger partial charge in [-0.25, -0.2) is 4.79 Å². The minimum atomic E-state index is -0.375. The fourth-order valence-electron chi connectivity index (χ4n) is 3.43. The van der Waals surface area contributed by atoms with Gasteiger partial charge in [0.2, 0.25) is 0 Å². The average molecular weight is 434 g/mol. The number of nitrogens with zero attached hydrogens (tertiary/aromatic N) is 3. The molecule has 1 aliphatic rings. The van der Waals surface area contributed by atoms with Crippen LogP contribution in [0.4, 0.5) is 0 Å². The van der Waals surface area contributed by atoms with E-state index >= 15 is 0 Å². The van der Waals surface area contributed by atoms with Gasteiger partial charge >= 0.3 is 5.97 Å². The Labute approximate surface area is 188 Å². The highest BCUT2D eigenvalue weighted by molar-refractivity contribution is 6.01. The summed E-state index contributed by atoms with van der Waals surface area (Å²) in [5.41, 5.74) is 2.30. The summed E-state index contributed by atoms with van der Waals surface area (Å²) in [6.45, 7) is 6.36.